The van der Waals surface area contributed by atoms with Crippen molar-refractivity contribution >= 4 is 28.0 Å². The van der Waals surface area contributed by atoms with Gasteiger partial charge in [0.1, 0.15) is 0 Å². The first-order valence-corrected chi connectivity index (χ1v) is 13.8. The standard InChI is InChI=1S/C27H34F2N4O2S/c1-32-23-15-20(6-7-21(23)16-30-32)24(34)14-19-4-2-18(3-5-19)8-11-33-12-9-22-25(10-13-33)36-27(31-22)35-17-26(28)29/h6-7,15-16,18-19,26H,2-5,8-14,17H2,1H3. The normalized spacial score (nSPS) is 21.0. The largest absolute Gasteiger partial charge is 0.464 e. The first-order chi connectivity index (χ1) is 17.4. The number of aryl methyl sites for hydroxylation is 1. The second-order valence-corrected chi connectivity index (χ2v) is 11.3. The van der Waals surface area contributed by atoms with E-state index in [0.717, 1.165) is 73.4 Å². The lowest BCUT2D eigenvalue weighted by molar-refractivity contribution is 0.0816. The molecule has 0 atom stereocenters. The molecule has 0 saturated heterocycles. The average molecular weight is 517 g/mol. The molecule has 2 aromatic heterocycles. The fourth-order valence-electron chi connectivity index (χ4n) is 5.59. The molecule has 1 aromatic carbocycles. The minimum atomic E-state index is -2.47. The number of benzene rings is 1. The summed E-state index contributed by atoms with van der Waals surface area (Å²) in [4.78, 5) is 21.0. The topological polar surface area (TPSA) is 60.2 Å². The second kappa shape index (κ2) is 11.3. The van der Waals surface area contributed by atoms with Crippen LogP contribution in [0.5, 0.6) is 5.19 Å². The van der Waals surface area contributed by atoms with Crippen LogP contribution in [0.1, 0.15) is 59.5 Å². The van der Waals surface area contributed by atoms with Crippen molar-refractivity contribution in [3.63, 3.8) is 0 Å². The van der Waals surface area contributed by atoms with Crippen molar-refractivity contribution in [2.45, 2.75) is 57.8 Å². The van der Waals surface area contributed by atoms with E-state index in [2.05, 4.69) is 15.0 Å². The lowest BCUT2D eigenvalue weighted by Crippen LogP contribution is -2.29. The van der Waals surface area contributed by atoms with Gasteiger partial charge < -0.3 is 9.64 Å². The molecule has 36 heavy (non-hydrogen) atoms. The zero-order valence-corrected chi connectivity index (χ0v) is 21.6. The predicted octanol–water partition coefficient (Wildman–Crippen LogP) is 5.54. The molecule has 1 saturated carbocycles. The number of hydrogen-bond acceptors (Lipinski definition) is 6. The van der Waals surface area contributed by atoms with Crippen LogP contribution in [0.3, 0.4) is 0 Å². The molecular weight excluding hydrogens is 482 g/mol. The van der Waals surface area contributed by atoms with Crippen LogP contribution >= 0.6 is 11.3 Å². The number of Topliss-reactive ketones (excluding diaryl/α,β-unsaturated/α-hetero) is 1. The highest BCUT2D eigenvalue weighted by atomic mass is 32.1. The lowest BCUT2D eigenvalue weighted by Gasteiger charge is -2.30. The van der Waals surface area contributed by atoms with Gasteiger partial charge in [-0.1, -0.05) is 36.3 Å². The fourth-order valence-corrected chi connectivity index (χ4v) is 6.54. The number of carbonyl (C=O) groups is 1. The quantitative estimate of drug-likeness (QED) is 0.349. The van der Waals surface area contributed by atoms with Crippen LogP contribution in [0, 0.1) is 11.8 Å². The Morgan fingerprint density at radius 3 is 2.75 bits per heavy atom. The highest BCUT2D eigenvalue weighted by Crippen LogP contribution is 2.34. The van der Waals surface area contributed by atoms with Gasteiger partial charge in [0, 0.05) is 48.8 Å². The number of rotatable bonds is 9. The molecule has 0 unspecified atom stereocenters. The van der Waals surface area contributed by atoms with Gasteiger partial charge in [0.25, 0.3) is 11.6 Å². The molecule has 1 aliphatic heterocycles. The summed E-state index contributed by atoms with van der Waals surface area (Å²) in [5, 5.41) is 5.71. The minimum Gasteiger partial charge on any atom is -0.464 e. The van der Waals surface area contributed by atoms with E-state index in [1.807, 2.05) is 36.1 Å². The Morgan fingerprint density at radius 2 is 1.94 bits per heavy atom. The van der Waals surface area contributed by atoms with Crippen LogP contribution in [0.2, 0.25) is 0 Å². The van der Waals surface area contributed by atoms with Gasteiger partial charge in [-0.25, -0.2) is 13.8 Å². The molecule has 0 bridgehead atoms. The van der Waals surface area contributed by atoms with Crippen LogP contribution in [0.15, 0.2) is 24.4 Å². The SMILES string of the molecule is Cn1ncc2ccc(C(=O)CC3CCC(CCN4CCc5nc(OCC(F)F)sc5CC4)CC3)cc21. The molecule has 0 spiro atoms. The van der Waals surface area contributed by atoms with Crippen molar-refractivity contribution in [2.24, 2.45) is 18.9 Å². The van der Waals surface area contributed by atoms with E-state index in [0.29, 0.717) is 17.5 Å². The molecule has 0 radical (unpaired) electrons. The predicted molar refractivity (Wildman–Crippen MR) is 137 cm³/mol. The third kappa shape index (κ3) is 6.11. The van der Waals surface area contributed by atoms with Crippen LogP contribution in [0.4, 0.5) is 8.78 Å². The monoisotopic (exact) mass is 516 g/mol. The highest BCUT2D eigenvalue weighted by molar-refractivity contribution is 7.13. The zero-order chi connectivity index (χ0) is 25.1. The van der Waals surface area contributed by atoms with Crippen LogP contribution in [-0.4, -0.2) is 58.1 Å². The Kier molecular flexibility index (Phi) is 7.96. The number of aromatic nitrogens is 3. The van der Waals surface area contributed by atoms with E-state index in [9.17, 15) is 13.6 Å². The summed E-state index contributed by atoms with van der Waals surface area (Å²) in [6.07, 6.45) is 7.62. The number of hydrogen-bond donors (Lipinski definition) is 0. The van der Waals surface area contributed by atoms with Crippen LogP contribution in [0.25, 0.3) is 10.9 Å². The van der Waals surface area contributed by atoms with Gasteiger partial charge in [0.05, 0.1) is 17.4 Å². The number of thiazole rings is 1. The number of nitrogens with zero attached hydrogens (tertiary/aromatic N) is 4. The molecule has 1 aliphatic carbocycles. The van der Waals surface area contributed by atoms with Crippen molar-refractivity contribution in [1.29, 1.82) is 0 Å². The molecule has 3 heterocycles. The zero-order valence-electron chi connectivity index (χ0n) is 20.8. The summed E-state index contributed by atoms with van der Waals surface area (Å²) < 4.78 is 31.7. The molecule has 0 N–H and O–H groups in total. The molecule has 9 heteroatoms. The fraction of sp³-hybridized carbons (Fsp3) is 0.593. The molecule has 0 amide bonds. The van der Waals surface area contributed by atoms with Gasteiger partial charge in [-0.2, -0.15) is 5.10 Å². The van der Waals surface area contributed by atoms with E-state index in [4.69, 9.17) is 4.74 Å². The molecule has 5 rings (SSSR count). The third-order valence-electron chi connectivity index (χ3n) is 7.78. The number of ketones is 1. The molecular formula is C27H34F2N4O2S. The van der Waals surface area contributed by atoms with Crippen molar-refractivity contribution in [2.75, 3.05) is 26.2 Å². The Morgan fingerprint density at radius 1 is 1.17 bits per heavy atom. The van der Waals surface area contributed by atoms with Crippen molar-refractivity contribution < 1.29 is 18.3 Å². The van der Waals surface area contributed by atoms with Crippen molar-refractivity contribution in [3.05, 3.63) is 40.5 Å². The van der Waals surface area contributed by atoms with E-state index in [-0.39, 0.29) is 5.78 Å². The summed E-state index contributed by atoms with van der Waals surface area (Å²) in [5.74, 6) is 1.46. The van der Waals surface area contributed by atoms with Crippen LogP contribution < -0.4 is 4.74 Å². The summed E-state index contributed by atoms with van der Waals surface area (Å²) in [5.41, 5.74) is 2.81. The van der Waals surface area contributed by atoms with Gasteiger partial charge >= 0.3 is 0 Å². The van der Waals surface area contributed by atoms with E-state index in [1.54, 1.807) is 0 Å². The summed E-state index contributed by atoms with van der Waals surface area (Å²) in [6, 6.07) is 5.90. The number of carbonyl (C=O) groups excluding carboxylic acids is 1. The van der Waals surface area contributed by atoms with Gasteiger partial charge in [0.15, 0.2) is 12.4 Å². The molecule has 1 fully saturated rings. The van der Waals surface area contributed by atoms with Gasteiger partial charge in [-0.05, 0) is 50.1 Å². The Labute approximate surface area is 214 Å². The van der Waals surface area contributed by atoms with Crippen molar-refractivity contribution in [3.8, 4) is 5.19 Å². The average Bonchev–Trinajstić information content (AvgIpc) is 3.39. The molecule has 194 valence electrons. The van der Waals surface area contributed by atoms with E-state index < -0.39 is 13.0 Å². The highest BCUT2D eigenvalue weighted by Gasteiger charge is 2.25. The Bertz CT molecular complexity index is 1160. The van der Waals surface area contributed by atoms with Crippen LogP contribution in [-0.2, 0) is 19.9 Å². The van der Waals surface area contributed by atoms with Gasteiger partial charge in [-0.15, -0.1) is 0 Å². The number of fused-ring (bicyclic) bond motifs is 2. The van der Waals surface area contributed by atoms with Gasteiger partial charge in [0.2, 0.25) is 0 Å². The maximum absolute atomic E-state index is 12.9. The number of ether oxygens (including phenoxy) is 1. The first-order valence-electron chi connectivity index (χ1n) is 13.0. The van der Waals surface area contributed by atoms with E-state index in [1.165, 1.54) is 35.5 Å². The van der Waals surface area contributed by atoms with Gasteiger partial charge in [-0.3, -0.25) is 9.48 Å². The third-order valence-corrected chi connectivity index (χ3v) is 8.85. The Hall–Kier alpha value is -2.39. The second-order valence-electron chi connectivity index (χ2n) is 10.2. The Balaban J connectivity index is 1.03. The molecule has 6 nitrogen and oxygen atoms in total. The summed E-state index contributed by atoms with van der Waals surface area (Å²) >= 11 is 1.42. The number of alkyl halides is 2. The van der Waals surface area contributed by atoms with Crippen molar-refractivity contribution in [1.82, 2.24) is 19.7 Å². The minimum absolute atomic E-state index is 0.245. The summed E-state index contributed by atoms with van der Waals surface area (Å²) in [6.45, 7) is 2.43. The number of halogens is 2. The maximum Gasteiger partial charge on any atom is 0.273 e. The molecule has 2 aliphatic rings. The summed E-state index contributed by atoms with van der Waals surface area (Å²) in [7, 11) is 1.91. The maximum atomic E-state index is 12.9. The lowest BCUT2D eigenvalue weighted by atomic mass is 9.78. The smallest absolute Gasteiger partial charge is 0.273 e. The van der Waals surface area contributed by atoms with E-state index >= 15 is 0 Å². The molecule has 3 aromatic rings. The first kappa shape index (κ1) is 25.3.